The van der Waals surface area contributed by atoms with Crippen molar-refractivity contribution in [3.63, 3.8) is 0 Å². The summed E-state index contributed by atoms with van der Waals surface area (Å²) in [5.41, 5.74) is 9.37. The average molecular weight is 597 g/mol. The van der Waals surface area contributed by atoms with Gasteiger partial charge in [-0.1, -0.05) is 146 Å². The van der Waals surface area contributed by atoms with Crippen molar-refractivity contribution in [3.05, 3.63) is 170 Å². The first-order valence-electron chi connectivity index (χ1n) is 16.2. The predicted octanol–water partition coefficient (Wildman–Crippen LogP) is 13.2. The SMILES string of the molecule is c1ccc(-c2c3ccccc3c(-c3ccc(-c4ccc5cc6oc7ccccc7c6cc5c4)c4ccccc34)c3ccccc23)cc1. The summed E-state index contributed by atoms with van der Waals surface area (Å²) in [5, 5.41) is 12.3. The number of rotatable bonds is 3. The number of hydrogen-bond donors (Lipinski definition) is 0. The topological polar surface area (TPSA) is 13.1 Å². The lowest BCUT2D eigenvalue weighted by atomic mass is 9.84. The van der Waals surface area contributed by atoms with Crippen molar-refractivity contribution >= 4 is 65.0 Å². The van der Waals surface area contributed by atoms with Gasteiger partial charge in [0.15, 0.2) is 0 Å². The van der Waals surface area contributed by atoms with Crippen LogP contribution in [0.2, 0.25) is 0 Å². The molecular formula is C46H28O. The fourth-order valence-electron chi connectivity index (χ4n) is 7.74. The summed E-state index contributed by atoms with van der Waals surface area (Å²) in [6.45, 7) is 0. The van der Waals surface area contributed by atoms with E-state index < -0.39 is 0 Å². The van der Waals surface area contributed by atoms with Crippen molar-refractivity contribution in [3.8, 4) is 33.4 Å². The molecule has 0 saturated carbocycles. The minimum Gasteiger partial charge on any atom is -0.456 e. The highest BCUT2D eigenvalue weighted by molar-refractivity contribution is 6.24. The maximum Gasteiger partial charge on any atom is 0.136 e. The second-order valence-corrected chi connectivity index (χ2v) is 12.4. The molecule has 0 N–H and O–H groups in total. The molecule has 0 fully saturated rings. The monoisotopic (exact) mass is 596 g/mol. The van der Waals surface area contributed by atoms with Gasteiger partial charge < -0.3 is 4.42 Å². The summed E-state index contributed by atoms with van der Waals surface area (Å²) in [4.78, 5) is 0. The molecule has 9 aromatic carbocycles. The molecule has 218 valence electrons. The van der Waals surface area contributed by atoms with Crippen molar-refractivity contribution in [1.82, 2.24) is 0 Å². The van der Waals surface area contributed by atoms with Crippen LogP contribution < -0.4 is 0 Å². The van der Waals surface area contributed by atoms with Crippen LogP contribution in [0.1, 0.15) is 0 Å². The summed E-state index contributed by atoms with van der Waals surface area (Å²) in [6.07, 6.45) is 0. The maximum absolute atomic E-state index is 6.18. The van der Waals surface area contributed by atoms with Crippen molar-refractivity contribution in [2.24, 2.45) is 0 Å². The molecule has 0 unspecified atom stereocenters. The quantitative estimate of drug-likeness (QED) is 0.185. The number of fused-ring (bicyclic) bond motifs is 7. The largest absolute Gasteiger partial charge is 0.456 e. The standard InChI is InChI=1S/C46H28O/c1-2-12-29(13-3-1)45-37-17-6-8-19-39(37)46(40-20-9-7-18-38(40)45)41-25-24-33(34-14-4-5-15-35(34)41)31-23-22-30-28-44-42(27-32(30)26-31)36-16-10-11-21-43(36)47-44/h1-28H. The van der Waals surface area contributed by atoms with E-state index in [-0.39, 0.29) is 0 Å². The summed E-state index contributed by atoms with van der Waals surface area (Å²) in [6, 6.07) is 61.7. The zero-order valence-electron chi connectivity index (χ0n) is 25.6. The summed E-state index contributed by atoms with van der Waals surface area (Å²) >= 11 is 0. The number of hydrogen-bond acceptors (Lipinski definition) is 1. The highest BCUT2D eigenvalue weighted by atomic mass is 16.3. The zero-order valence-corrected chi connectivity index (χ0v) is 25.6. The molecule has 0 saturated heterocycles. The van der Waals surface area contributed by atoms with Gasteiger partial charge in [-0.2, -0.15) is 0 Å². The van der Waals surface area contributed by atoms with Crippen LogP contribution >= 0.6 is 0 Å². The fraction of sp³-hybridized carbons (Fsp3) is 0. The number of furan rings is 1. The molecule has 0 amide bonds. The van der Waals surface area contributed by atoms with E-state index in [4.69, 9.17) is 4.42 Å². The molecule has 10 aromatic rings. The first kappa shape index (κ1) is 26.1. The molecule has 1 nitrogen and oxygen atoms in total. The molecule has 0 aliphatic heterocycles. The minimum atomic E-state index is 0.927. The zero-order chi connectivity index (χ0) is 30.9. The van der Waals surface area contributed by atoms with Crippen LogP contribution in [-0.2, 0) is 0 Å². The summed E-state index contributed by atoms with van der Waals surface area (Å²) in [5.74, 6) is 0. The van der Waals surface area contributed by atoms with Crippen LogP contribution in [0, 0.1) is 0 Å². The van der Waals surface area contributed by atoms with Gasteiger partial charge in [0.2, 0.25) is 0 Å². The average Bonchev–Trinajstić information content (AvgIpc) is 3.50. The van der Waals surface area contributed by atoms with Crippen molar-refractivity contribution in [1.29, 1.82) is 0 Å². The summed E-state index contributed by atoms with van der Waals surface area (Å²) in [7, 11) is 0. The Bertz CT molecular complexity index is 2780. The van der Waals surface area contributed by atoms with E-state index in [0.29, 0.717) is 0 Å². The lowest BCUT2D eigenvalue weighted by Crippen LogP contribution is -1.92. The minimum absolute atomic E-state index is 0.927. The van der Waals surface area contributed by atoms with E-state index in [1.165, 1.54) is 76.5 Å². The van der Waals surface area contributed by atoms with Crippen LogP contribution in [-0.4, -0.2) is 0 Å². The molecule has 1 heteroatoms. The third kappa shape index (κ3) is 3.97. The Balaban J connectivity index is 1.22. The molecule has 0 aliphatic carbocycles. The van der Waals surface area contributed by atoms with Gasteiger partial charge in [-0.3, -0.25) is 0 Å². The smallest absolute Gasteiger partial charge is 0.136 e. The first-order valence-corrected chi connectivity index (χ1v) is 16.2. The van der Waals surface area contributed by atoms with E-state index >= 15 is 0 Å². The Morgan fingerprint density at radius 2 is 0.830 bits per heavy atom. The van der Waals surface area contributed by atoms with Crippen molar-refractivity contribution in [2.45, 2.75) is 0 Å². The summed E-state index contributed by atoms with van der Waals surface area (Å²) < 4.78 is 6.18. The van der Waals surface area contributed by atoms with Gasteiger partial charge in [0.1, 0.15) is 11.2 Å². The van der Waals surface area contributed by atoms with Gasteiger partial charge in [0.25, 0.3) is 0 Å². The molecular weight excluding hydrogens is 569 g/mol. The fourth-order valence-corrected chi connectivity index (χ4v) is 7.74. The third-order valence-corrected chi connectivity index (χ3v) is 9.83. The second-order valence-electron chi connectivity index (χ2n) is 12.4. The van der Waals surface area contributed by atoms with Gasteiger partial charge in [0.05, 0.1) is 0 Å². The Labute approximate surface area is 271 Å². The van der Waals surface area contributed by atoms with Gasteiger partial charge in [-0.05, 0) is 101 Å². The normalized spacial score (nSPS) is 11.8. The Morgan fingerprint density at radius 1 is 0.277 bits per heavy atom. The first-order chi connectivity index (χ1) is 23.3. The van der Waals surface area contributed by atoms with Gasteiger partial charge in [-0.15, -0.1) is 0 Å². The van der Waals surface area contributed by atoms with Gasteiger partial charge in [-0.25, -0.2) is 0 Å². The van der Waals surface area contributed by atoms with Crippen LogP contribution in [0.15, 0.2) is 174 Å². The maximum atomic E-state index is 6.18. The molecule has 0 bridgehead atoms. The lowest BCUT2D eigenvalue weighted by molar-refractivity contribution is 0.669. The third-order valence-electron chi connectivity index (χ3n) is 9.83. The van der Waals surface area contributed by atoms with E-state index in [2.05, 4.69) is 158 Å². The molecule has 10 rings (SSSR count). The molecule has 1 aromatic heterocycles. The Kier molecular flexibility index (Phi) is 5.64. The van der Waals surface area contributed by atoms with Crippen molar-refractivity contribution < 1.29 is 4.42 Å². The van der Waals surface area contributed by atoms with Crippen LogP contribution in [0.25, 0.3) is 98.4 Å². The van der Waals surface area contributed by atoms with Crippen LogP contribution in [0.3, 0.4) is 0 Å². The molecule has 47 heavy (non-hydrogen) atoms. The number of para-hydroxylation sites is 1. The van der Waals surface area contributed by atoms with E-state index in [0.717, 1.165) is 21.9 Å². The molecule has 1 heterocycles. The van der Waals surface area contributed by atoms with E-state index in [9.17, 15) is 0 Å². The molecule has 0 aliphatic rings. The molecule has 0 spiro atoms. The Hall–Kier alpha value is -6.18. The van der Waals surface area contributed by atoms with Crippen LogP contribution in [0.5, 0.6) is 0 Å². The van der Waals surface area contributed by atoms with Gasteiger partial charge >= 0.3 is 0 Å². The van der Waals surface area contributed by atoms with Crippen LogP contribution in [0.4, 0.5) is 0 Å². The van der Waals surface area contributed by atoms with E-state index in [1.807, 2.05) is 12.1 Å². The van der Waals surface area contributed by atoms with Crippen molar-refractivity contribution in [2.75, 3.05) is 0 Å². The lowest BCUT2D eigenvalue weighted by Gasteiger charge is -2.19. The van der Waals surface area contributed by atoms with Gasteiger partial charge in [0, 0.05) is 10.8 Å². The molecule has 0 radical (unpaired) electrons. The highest BCUT2D eigenvalue weighted by Crippen LogP contribution is 2.46. The second kappa shape index (κ2) is 10.2. The predicted molar refractivity (Wildman–Crippen MR) is 200 cm³/mol. The Morgan fingerprint density at radius 3 is 1.53 bits per heavy atom. The highest BCUT2D eigenvalue weighted by Gasteiger charge is 2.19. The molecule has 0 atom stereocenters. The number of benzene rings is 9. The van der Waals surface area contributed by atoms with E-state index in [1.54, 1.807) is 0 Å².